The van der Waals surface area contributed by atoms with Gasteiger partial charge < -0.3 is 4.42 Å². The number of fused-ring (bicyclic) bond motifs is 10. The van der Waals surface area contributed by atoms with Crippen molar-refractivity contribution in [1.29, 1.82) is 0 Å². The Morgan fingerprint density at radius 3 is 1.79 bits per heavy atom. The smallest absolute Gasteiger partial charge is 0.160 e. The van der Waals surface area contributed by atoms with Crippen LogP contribution in [0.25, 0.3) is 120 Å². The predicted molar refractivity (Wildman–Crippen MR) is 242 cm³/mol. The lowest BCUT2D eigenvalue weighted by Gasteiger charge is -2.13. The van der Waals surface area contributed by atoms with Gasteiger partial charge in [-0.2, -0.15) is 0 Å². The molecular weight excluding hydrogens is 727 g/mol. The maximum atomic E-state index is 6.36. The van der Waals surface area contributed by atoms with E-state index in [2.05, 4.69) is 152 Å². The highest BCUT2D eigenvalue weighted by Crippen LogP contribution is 2.42. The highest BCUT2D eigenvalue weighted by atomic mass is 32.1. The Labute approximate surface area is 337 Å². The van der Waals surface area contributed by atoms with Gasteiger partial charge in [-0.3, -0.25) is 0 Å². The fraction of sp³-hybridized carbons (Fsp3) is 0. The fourth-order valence-electron chi connectivity index (χ4n) is 8.48. The second-order valence-corrected chi connectivity index (χ2v) is 15.8. The molecule has 0 N–H and O–H groups in total. The van der Waals surface area contributed by atoms with Crippen LogP contribution in [0.3, 0.4) is 0 Å². The topological polar surface area (TPSA) is 51.8 Å². The monoisotopic (exact) mass is 757 g/mol. The average Bonchev–Trinajstić information content (AvgIpc) is 3.87. The molecule has 0 amide bonds. The normalized spacial score (nSPS) is 11.8. The number of hydrogen-bond donors (Lipinski definition) is 0. The summed E-state index contributed by atoms with van der Waals surface area (Å²) in [6.07, 6.45) is 0. The van der Waals surface area contributed by atoms with Crippen LogP contribution in [0.2, 0.25) is 0 Å². The average molecular weight is 758 g/mol. The van der Waals surface area contributed by atoms with Crippen LogP contribution in [0.1, 0.15) is 0 Å². The van der Waals surface area contributed by atoms with Crippen LogP contribution in [-0.2, 0) is 0 Å². The summed E-state index contributed by atoms with van der Waals surface area (Å²) in [6.45, 7) is 0. The molecule has 4 nitrogen and oxygen atoms in total. The molecule has 4 aromatic heterocycles. The first-order valence-electron chi connectivity index (χ1n) is 19.4. The molecule has 5 heteroatoms. The van der Waals surface area contributed by atoms with E-state index in [0.29, 0.717) is 5.82 Å². The Balaban J connectivity index is 0.981. The summed E-state index contributed by atoms with van der Waals surface area (Å²) in [6, 6.07) is 66.0. The summed E-state index contributed by atoms with van der Waals surface area (Å²) in [5.74, 6) is 0.704. The standard InChI is InChI=1S/C53H31N3OS/c1-3-11-34(12-4-1)52-42-27-28-47-51(41-16-7-9-17-46(41)57-47)50(42)40-26-23-36(29-45(40)54-52)32-19-21-33(22-20-32)43-31-44(56-53(55-43)35-13-5-2-6-14-35)37-24-25-39-38-15-8-10-18-48(38)58-49(39)30-37/h1-31H. The third-order valence-electron chi connectivity index (χ3n) is 11.3. The quantitative estimate of drug-likeness (QED) is 0.164. The molecule has 4 heterocycles. The third kappa shape index (κ3) is 5.32. The first kappa shape index (κ1) is 32.7. The minimum absolute atomic E-state index is 0.704. The van der Waals surface area contributed by atoms with Gasteiger partial charge in [-0.25, -0.2) is 15.0 Å². The van der Waals surface area contributed by atoms with Crippen molar-refractivity contribution >= 4 is 75.1 Å². The van der Waals surface area contributed by atoms with Crippen molar-refractivity contribution in [2.75, 3.05) is 0 Å². The van der Waals surface area contributed by atoms with E-state index < -0.39 is 0 Å². The minimum atomic E-state index is 0.704. The largest absolute Gasteiger partial charge is 0.456 e. The number of hydrogen-bond acceptors (Lipinski definition) is 5. The SMILES string of the molecule is c1ccc(-c2nc(-c3ccc(-c4ccc5c(c4)nc(-c4ccccc4)c4ccc6oc7ccccc7c6c45)cc3)cc(-c3ccc4c(c3)sc3ccccc34)n2)cc1. The molecule has 58 heavy (non-hydrogen) atoms. The molecule has 0 aliphatic rings. The molecular formula is C53H31N3OS. The van der Waals surface area contributed by atoms with Gasteiger partial charge in [0.1, 0.15) is 11.2 Å². The highest BCUT2D eigenvalue weighted by molar-refractivity contribution is 7.25. The van der Waals surface area contributed by atoms with Gasteiger partial charge in [0.15, 0.2) is 5.82 Å². The van der Waals surface area contributed by atoms with E-state index in [4.69, 9.17) is 19.4 Å². The van der Waals surface area contributed by atoms with Crippen LogP contribution >= 0.6 is 11.3 Å². The molecule has 0 unspecified atom stereocenters. The molecule has 0 aliphatic carbocycles. The molecule has 0 fully saturated rings. The van der Waals surface area contributed by atoms with Gasteiger partial charge in [-0.05, 0) is 53.6 Å². The molecule has 0 spiro atoms. The van der Waals surface area contributed by atoms with Gasteiger partial charge in [-0.15, -0.1) is 11.3 Å². The Morgan fingerprint density at radius 2 is 0.966 bits per heavy atom. The molecule has 12 aromatic rings. The van der Waals surface area contributed by atoms with Crippen LogP contribution in [-0.4, -0.2) is 15.0 Å². The number of benzene rings is 8. The van der Waals surface area contributed by atoms with E-state index in [1.165, 1.54) is 20.2 Å². The summed E-state index contributed by atoms with van der Waals surface area (Å²) < 4.78 is 8.90. The van der Waals surface area contributed by atoms with Crippen molar-refractivity contribution in [3.63, 3.8) is 0 Å². The van der Waals surface area contributed by atoms with Crippen molar-refractivity contribution in [3.8, 4) is 56.3 Å². The van der Waals surface area contributed by atoms with Gasteiger partial charge >= 0.3 is 0 Å². The van der Waals surface area contributed by atoms with Gasteiger partial charge in [0.05, 0.1) is 22.6 Å². The van der Waals surface area contributed by atoms with E-state index in [-0.39, 0.29) is 0 Å². The van der Waals surface area contributed by atoms with Gasteiger partial charge in [0, 0.05) is 69.4 Å². The van der Waals surface area contributed by atoms with Crippen LogP contribution in [0.4, 0.5) is 0 Å². The zero-order valence-corrected chi connectivity index (χ0v) is 31.9. The molecule has 270 valence electrons. The van der Waals surface area contributed by atoms with Crippen molar-refractivity contribution < 1.29 is 4.42 Å². The minimum Gasteiger partial charge on any atom is -0.456 e. The second-order valence-electron chi connectivity index (χ2n) is 14.7. The lowest BCUT2D eigenvalue weighted by Crippen LogP contribution is -1.96. The number of rotatable bonds is 5. The molecule has 0 saturated carbocycles. The summed E-state index contributed by atoms with van der Waals surface area (Å²) >= 11 is 1.82. The first-order valence-corrected chi connectivity index (χ1v) is 20.2. The lowest BCUT2D eigenvalue weighted by molar-refractivity contribution is 0.669. The first-order chi connectivity index (χ1) is 28.7. The van der Waals surface area contributed by atoms with E-state index in [0.717, 1.165) is 94.1 Å². The summed E-state index contributed by atoms with van der Waals surface area (Å²) in [5, 5.41) is 8.16. The Bertz CT molecular complexity index is 3550. The maximum absolute atomic E-state index is 6.36. The van der Waals surface area contributed by atoms with E-state index in [1.807, 2.05) is 47.7 Å². The highest BCUT2D eigenvalue weighted by Gasteiger charge is 2.18. The number of nitrogens with zero attached hydrogens (tertiary/aromatic N) is 3. The summed E-state index contributed by atoms with van der Waals surface area (Å²) in [5.41, 5.74) is 11.8. The van der Waals surface area contributed by atoms with E-state index >= 15 is 0 Å². The van der Waals surface area contributed by atoms with E-state index in [9.17, 15) is 0 Å². The molecule has 8 aromatic carbocycles. The van der Waals surface area contributed by atoms with E-state index in [1.54, 1.807) is 0 Å². The summed E-state index contributed by atoms with van der Waals surface area (Å²) in [4.78, 5) is 15.6. The number of pyridine rings is 1. The van der Waals surface area contributed by atoms with Gasteiger partial charge in [0.25, 0.3) is 0 Å². The Hall–Kier alpha value is -7.47. The zero-order valence-electron chi connectivity index (χ0n) is 31.1. The lowest BCUT2D eigenvalue weighted by atomic mass is 9.94. The number of aromatic nitrogens is 3. The molecule has 0 bridgehead atoms. The molecule has 0 aliphatic heterocycles. The van der Waals surface area contributed by atoms with Crippen LogP contribution in [0.5, 0.6) is 0 Å². The molecule has 0 atom stereocenters. The number of furan rings is 1. The maximum Gasteiger partial charge on any atom is 0.160 e. The van der Waals surface area contributed by atoms with Gasteiger partial charge in [-0.1, -0.05) is 146 Å². The predicted octanol–water partition coefficient (Wildman–Crippen LogP) is 14.8. The molecule has 12 rings (SSSR count). The number of para-hydroxylation sites is 1. The van der Waals surface area contributed by atoms with Crippen molar-refractivity contribution in [3.05, 3.63) is 188 Å². The fourth-order valence-corrected chi connectivity index (χ4v) is 9.63. The zero-order chi connectivity index (χ0) is 38.2. The van der Waals surface area contributed by atoms with Crippen LogP contribution in [0.15, 0.2) is 192 Å². The van der Waals surface area contributed by atoms with Gasteiger partial charge in [0.2, 0.25) is 0 Å². The third-order valence-corrected chi connectivity index (χ3v) is 12.4. The van der Waals surface area contributed by atoms with Crippen molar-refractivity contribution in [2.24, 2.45) is 0 Å². The van der Waals surface area contributed by atoms with Crippen molar-refractivity contribution in [2.45, 2.75) is 0 Å². The molecule has 0 radical (unpaired) electrons. The molecule has 0 saturated heterocycles. The summed E-state index contributed by atoms with van der Waals surface area (Å²) in [7, 11) is 0. The Kier molecular flexibility index (Phi) is 7.37. The van der Waals surface area contributed by atoms with Crippen molar-refractivity contribution in [1.82, 2.24) is 15.0 Å². The number of thiophene rings is 1. The second kappa shape index (κ2) is 13.1. The van der Waals surface area contributed by atoms with Crippen LogP contribution in [0, 0.1) is 0 Å². The van der Waals surface area contributed by atoms with Crippen LogP contribution < -0.4 is 0 Å². The Morgan fingerprint density at radius 1 is 0.345 bits per heavy atom.